The number of anilines is 1. The van der Waals surface area contributed by atoms with Crippen LogP contribution in [-0.4, -0.2) is 41.9 Å². The number of hydrogen-bond donors (Lipinski definition) is 0. The highest BCUT2D eigenvalue weighted by Gasteiger charge is 2.25. The zero-order chi connectivity index (χ0) is 19.0. The number of nitro benzene ring substituents is 1. The fraction of sp³-hybridized carbons (Fsp3) is 0.211. The van der Waals surface area contributed by atoms with Crippen LogP contribution in [0, 0.1) is 10.1 Å². The minimum atomic E-state index is -0.416. The molecule has 7 nitrogen and oxygen atoms in total. The Bertz CT molecular complexity index is 1010. The Labute approximate surface area is 159 Å². The average molecular weight is 386 g/mol. The number of amides is 1. The van der Waals surface area contributed by atoms with Gasteiger partial charge in [-0.3, -0.25) is 14.9 Å². The van der Waals surface area contributed by atoms with Crippen LogP contribution in [0.3, 0.4) is 0 Å². The Balaban J connectivity index is 1.43. The molecule has 0 N–H and O–H groups in total. The highest BCUT2D eigenvalue weighted by atomic mass is 35.5. The fourth-order valence-corrected chi connectivity index (χ4v) is 3.41. The van der Waals surface area contributed by atoms with Crippen molar-refractivity contribution in [2.75, 3.05) is 31.1 Å². The lowest BCUT2D eigenvalue weighted by molar-refractivity contribution is -0.384. The minimum Gasteiger partial charge on any atom is -0.451 e. The van der Waals surface area contributed by atoms with E-state index in [1.165, 1.54) is 12.1 Å². The van der Waals surface area contributed by atoms with E-state index >= 15 is 0 Å². The molecule has 0 aliphatic carbocycles. The molecule has 8 heteroatoms. The summed E-state index contributed by atoms with van der Waals surface area (Å²) in [6.45, 7) is 2.40. The molecule has 1 aliphatic heterocycles. The van der Waals surface area contributed by atoms with Crippen molar-refractivity contribution >= 4 is 39.9 Å². The van der Waals surface area contributed by atoms with Crippen molar-refractivity contribution in [3.8, 4) is 0 Å². The number of nitro groups is 1. The lowest BCUT2D eigenvalue weighted by atomic mass is 10.2. The number of halogens is 1. The Morgan fingerprint density at radius 3 is 2.41 bits per heavy atom. The van der Waals surface area contributed by atoms with Gasteiger partial charge in [-0.25, -0.2) is 0 Å². The van der Waals surface area contributed by atoms with Crippen molar-refractivity contribution in [3.05, 3.63) is 69.4 Å². The normalized spacial score (nSPS) is 14.6. The van der Waals surface area contributed by atoms with Crippen LogP contribution < -0.4 is 4.90 Å². The second kappa shape index (κ2) is 6.92. The fourth-order valence-electron chi connectivity index (χ4n) is 3.23. The Morgan fingerprint density at radius 2 is 1.74 bits per heavy atom. The molecule has 1 fully saturated rings. The first-order chi connectivity index (χ1) is 13.0. The number of piperazine rings is 1. The number of hydrogen-bond acceptors (Lipinski definition) is 5. The van der Waals surface area contributed by atoms with Crippen LogP contribution in [0.2, 0.25) is 5.02 Å². The first kappa shape index (κ1) is 17.4. The molecule has 0 unspecified atom stereocenters. The van der Waals surface area contributed by atoms with Crippen LogP contribution in [-0.2, 0) is 0 Å². The van der Waals surface area contributed by atoms with Gasteiger partial charge in [-0.2, -0.15) is 0 Å². The molecule has 0 radical (unpaired) electrons. The molecular weight excluding hydrogens is 370 g/mol. The van der Waals surface area contributed by atoms with E-state index in [0.29, 0.717) is 42.5 Å². The third-order valence-corrected chi connectivity index (χ3v) is 4.92. The molecule has 1 saturated heterocycles. The summed E-state index contributed by atoms with van der Waals surface area (Å²) in [5.41, 5.74) is 1.61. The third-order valence-electron chi connectivity index (χ3n) is 4.68. The van der Waals surface area contributed by atoms with Crippen molar-refractivity contribution in [2.24, 2.45) is 0 Å². The molecule has 0 spiro atoms. The molecule has 1 amide bonds. The molecule has 3 aromatic rings. The number of benzene rings is 2. The lowest BCUT2D eigenvalue weighted by Gasteiger charge is -2.35. The summed E-state index contributed by atoms with van der Waals surface area (Å²) in [6, 6.07) is 13.4. The summed E-state index contributed by atoms with van der Waals surface area (Å²) >= 11 is 5.98. The van der Waals surface area contributed by atoms with Gasteiger partial charge in [0.15, 0.2) is 5.76 Å². The van der Waals surface area contributed by atoms with Gasteiger partial charge >= 0.3 is 0 Å². The van der Waals surface area contributed by atoms with Gasteiger partial charge < -0.3 is 14.2 Å². The molecule has 0 bridgehead atoms. The molecule has 1 aliphatic rings. The number of nitrogens with zero attached hydrogens (tertiary/aromatic N) is 3. The summed E-state index contributed by atoms with van der Waals surface area (Å²) in [7, 11) is 0. The van der Waals surface area contributed by atoms with Crippen molar-refractivity contribution < 1.29 is 14.1 Å². The summed E-state index contributed by atoms with van der Waals surface area (Å²) in [5, 5.41) is 12.2. The number of furan rings is 1. The van der Waals surface area contributed by atoms with Gasteiger partial charge in [0.25, 0.3) is 11.6 Å². The molecule has 2 aromatic carbocycles. The van der Waals surface area contributed by atoms with E-state index in [9.17, 15) is 14.9 Å². The van der Waals surface area contributed by atoms with Crippen LogP contribution in [0.15, 0.2) is 52.9 Å². The van der Waals surface area contributed by atoms with E-state index < -0.39 is 4.92 Å². The van der Waals surface area contributed by atoms with Gasteiger partial charge in [-0.05, 0) is 36.4 Å². The molecule has 27 heavy (non-hydrogen) atoms. The zero-order valence-electron chi connectivity index (χ0n) is 14.3. The Hall–Kier alpha value is -3.06. The highest BCUT2D eigenvalue weighted by molar-refractivity contribution is 6.31. The van der Waals surface area contributed by atoms with Crippen LogP contribution >= 0.6 is 11.6 Å². The third kappa shape index (κ3) is 3.46. The Kier molecular flexibility index (Phi) is 4.45. The van der Waals surface area contributed by atoms with Crippen molar-refractivity contribution in [2.45, 2.75) is 0 Å². The van der Waals surface area contributed by atoms with E-state index in [1.54, 1.807) is 41.3 Å². The van der Waals surface area contributed by atoms with Gasteiger partial charge in [0.1, 0.15) is 5.58 Å². The van der Waals surface area contributed by atoms with Crippen molar-refractivity contribution in [1.82, 2.24) is 4.90 Å². The highest BCUT2D eigenvalue weighted by Crippen LogP contribution is 2.25. The molecular formula is C19H16ClN3O4. The smallest absolute Gasteiger partial charge is 0.289 e. The van der Waals surface area contributed by atoms with Crippen LogP contribution in [0.5, 0.6) is 0 Å². The molecule has 4 rings (SSSR count). The van der Waals surface area contributed by atoms with Crippen LogP contribution in [0.4, 0.5) is 11.4 Å². The average Bonchev–Trinajstić information content (AvgIpc) is 3.11. The van der Waals surface area contributed by atoms with Crippen LogP contribution in [0.25, 0.3) is 11.0 Å². The maximum atomic E-state index is 12.7. The van der Waals surface area contributed by atoms with Crippen LogP contribution in [0.1, 0.15) is 10.6 Å². The van der Waals surface area contributed by atoms with Gasteiger partial charge in [0.05, 0.1) is 4.92 Å². The van der Waals surface area contributed by atoms with Gasteiger partial charge in [0, 0.05) is 54.4 Å². The molecule has 138 valence electrons. The van der Waals surface area contributed by atoms with E-state index in [2.05, 4.69) is 4.90 Å². The maximum absolute atomic E-state index is 12.7. The summed E-state index contributed by atoms with van der Waals surface area (Å²) in [5.74, 6) is 0.154. The van der Waals surface area contributed by atoms with E-state index in [4.69, 9.17) is 16.0 Å². The summed E-state index contributed by atoms with van der Waals surface area (Å²) in [6.07, 6.45) is 0. The Morgan fingerprint density at radius 1 is 1.04 bits per heavy atom. The standard InChI is InChI=1S/C19H16ClN3O4/c20-14-1-6-17-13(11-14)12-18(27-17)19(24)22-9-7-21(8-10-22)15-2-4-16(5-3-15)23(25)26/h1-6,11-12H,7-10H2. The molecule has 2 heterocycles. The van der Waals surface area contributed by atoms with E-state index in [-0.39, 0.29) is 11.6 Å². The number of carbonyl (C=O) groups is 1. The first-order valence-electron chi connectivity index (χ1n) is 8.49. The van der Waals surface area contributed by atoms with Crippen molar-refractivity contribution in [3.63, 3.8) is 0 Å². The first-order valence-corrected chi connectivity index (χ1v) is 8.87. The van der Waals surface area contributed by atoms with Crippen molar-refractivity contribution in [1.29, 1.82) is 0 Å². The molecule has 0 atom stereocenters. The number of non-ortho nitro benzene ring substituents is 1. The second-order valence-corrected chi connectivity index (χ2v) is 6.78. The van der Waals surface area contributed by atoms with Gasteiger partial charge in [-0.15, -0.1) is 0 Å². The number of fused-ring (bicyclic) bond motifs is 1. The maximum Gasteiger partial charge on any atom is 0.289 e. The largest absolute Gasteiger partial charge is 0.451 e. The lowest BCUT2D eigenvalue weighted by Crippen LogP contribution is -2.48. The predicted octanol–water partition coefficient (Wildman–Crippen LogP) is 3.96. The minimum absolute atomic E-state index is 0.0672. The topological polar surface area (TPSA) is 79.8 Å². The summed E-state index contributed by atoms with van der Waals surface area (Å²) < 4.78 is 5.66. The van der Waals surface area contributed by atoms with E-state index in [1.807, 2.05) is 0 Å². The van der Waals surface area contributed by atoms with Gasteiger partial charge in [0.2, 0.25) is 0 Å². The predicted molar refractivity (Wildman–Crippen MR) is 102 cm³/mol. The van der Waals surface area contributed by atoms with E-state index in [0.717, 1.165) is 11.1 Å². The van der Waals surface area contributed by atoms with Gasteiger partial charge in [-0.1, -0.05) is 11.6 Å². The zero-order valence-corrected chi connectivity index (χ0v) is 15.1. The molecule has 0 saturated carbocycles. The second-order valence-electron chi connectivity index (χ2n) is 6.35. The summed E-state index contributed by atoms with van der Waals surface area (Å²) in [4.78, 5) is 26.9. The number of rotatable bonds is 3. The number of carbonyl (C=O) groups excluding carboxylic acids is 1. The molecule has 1 aromatic heterocycles. The SMILES string of the molecule is O=C(c1cc2cc(Cl)ccc2o1)N1CCN(c2ccc([N+](=O)[O-])cc2)CC1. The monoisotopic (exact) mass is 385 g/mol. The quantitative estimate of drug-likeness (QED) is 0.503.